The summed E-state index contributed by atoms with van der Waals surface area (Å²) >= 11 is 0. The molecule has 92 valence electrons. The van der Waals surface area contributed by atoms with Crippen molar-refractivity contribution in [2.75, 3.05) is 5.32 Å². The van der Waals surface area contributed by atoms with Crippen LogP contribution in [-0.2, 0) is 4.74 Å². The third kappa shape index (κ3) is 4.14. The number of para-hydroxylation sites is 1. The Morgan fingerprint density at radius 2 is 1.82 bits per heavy atom. The number of amides is 1. The zero-order valence-electron chi connectivity index (χ0n) is 9.98. The maximum Gasteiger partial charge on any atom is 0.412 e. The Morgan fingerprint density at radius 3 is 2.35 bits per heavy atom. The van der Waals surface area contributed by atoms with Crippen molar-refractivity contribution in [1.29, 1.82) is 0 Å². The second-order valence-corrected chi connectivity index (χ2v) is 4.48. The molecule has 1 rings (SSSR count). The Morgan fingerprint density at radius 1 is 1.24 bits per heavy atom. The molecule has 0 saturated heterocycles. The molecule has 5 nitrogen and oxygen atoms in total. The summed E-state index contributed by atoms with van der Waals surface area (Å²) in [6, 6.07) is 6.14. The van der Waals surface area contributed by atoms with Crippen LogP contribution in [0.25, 0.3) is 0 Å². The van der Waals surface area contributed by atoms with Gasteiger partial charge in [-0.25, -0.2) is 9.59 Å². The Labute approximate surface area is 99.4 Å². The minimum Gasteiger partial charge on any atom is -0.478 e. The van der Waals surface area contributed by atoms with Crippen molar-refractivity contribution in [3.05, 3.63) is 29.8 Å². The Hall–Kier alpha value is -2.04. The van der Waals surface area contributed by atoms with Gasteiger partial charge in [-0.2, -0.15) is 0 Å². The van der Waals surface area contributed by atoms with Crippen LogP contribution in [0, 0.1) is 0 Å². The van der Waals surface area contributed by atoms with Gasteiger partial charge in [0.05, 0.1) is 11.3 Å². The molecule has 17 heavy (non-hydrogen) atoms. The number of hydrogen-bond acceptors (Lipinski definition) is 3. The number of nitrogens with one attached hydrogen (secondary N) is 1. The second kappa shape index (κ2) is 4.86. The van der Waals surface area contributed by atoms with Gasteiger partial charge in [0.25, 0.3) is 0 Å². The first-order valence-electron chi connectivity index (χ1n) is 5.12. The summed E-state index contributed by atoms with van der Waals surface area (Å²) in [4.78, 5) is 22.4. The molecule has 0 bridgehead atoms. The molecule has 0 spiro atoms. The highest BCUT2D eigenvalue weighted by Crippen LogP contribution is 2.16. The van der Waals surface area contributed by atoms with Crippen molar-refractivity contribution >= 4 is 17.7 Å². The number of ether oxygens (including phenoxy) is 1. The fraction of sp³-hybridized carbons (Fsp3) is 0.333. The van der Waals surface area contributed by atoms with E-state index in [4.69, 9.17) is 9.84 Å². The third-order valence-corrected chi connectivity index (χ3v) is 1.79. The lowest BCUT2D eigenvalue weighted by Gasteiger charge is -2.20. The van der Waals surface area contributed by atoms with E-state index >= 15 is 0 Å². The maximum atomic E-state index is 11.5. The summed E-state index contributed by atoms with van der Waals surface area (Å²) < 4.78 is 5.03. The van der Waals surface area contributed by atoms with Crippen LogP contribution in [0.15, 0.2) is 24.3 Å². The van der Waals surface area contributed by atoms with E-state index in [1.54, 1.807) is 32.9 Å². The number of carbonyl (C=O) groups is 2. The van der Waals surface area contributed by atoms with Crippen LogP contribution in [0.4, 0.5) is 10.5 Å². The summed E-state index contributed by atoms with van der Waals surface area (Å²) in [5.41, 5.74) is -0.380. The molecule has 1 aromatic rings. The Kier molecular flexibility index (Phi) is 3.73. The van der Waals surface area contributed by atoms with E-state index in [-0.39, 0.29) is 11.3 Å². The van der Waals surface area contributed by atoms with Crippen molar-refractivity contribution in [3.63, 3.8) is 0 Å². The van der Waals surface area contributed by atoms with Crippen molar-refractivity contribution in [3.8, 4) is 0 Å². The Bertz CT molecular complexity index is 434. The first kappa shape index (κ1) is 13.0. The number of carboxylic acids is 1. The minimum absolute atomic E-state index is 0.0263. The van der Waals surface area contributed by atoms with Gasteiger partial charge in [0.15, 0.2) is 0 Å². The molecule has 0 fully saturated rings. The van der Waals surface area contributed by atoms with Crippen LogP contribution in [0.5, 0.6) is 0 Å². The van der Waals surface area contributed by atoms with Gasteiger partial charge in [0.1, 0.15) is 5.60 Å². The molecule has 0 radical (unpaired) electrons. The molecule has 0 aliphatic heterocycles. The standard InChI is InChI=1S/C12H15NO4/c1-12(2,3)17-11(16)13-9-7-5-4-6-8(9)10(14)15/h4-7H,1-3H3,(H,13,16)(H,14,15)/i4+1,5+1,6+1,7+1,8+1,9+1. The number of aromatic carboxylic acids is 1. The van der Waals surface area contributed by atoms with Gasteiger partial charge in [-0.3, -0.25) is 5.32 Å². The topological polar surface area (TPSA) is 75.6 Å². The van der Waals surface area contributed by atoms with E-state index in [1.807, 2.05) is 0 Å². The molecule has 0 aromatic heterocycles. The number of rotatable bonds is 2. The highest BCUT2D eigenvalue weighted by molar-refractivity contribution is 5.98. The molecular formula is C12H15NO4. The molecular weight excluding hydrogens is 228 g/mol. The molecule has 0 saturated carbocycles. The molecule has 5 heteroatoms. The lowest BCUT2D eigenvalue weighted by atomic mass is 10.2. The van der Waals surface area contributed by atoms with Gasteiger partial charge < -0.3 is 9.84 Å². The van der Waals surface area contributed by atoms with Gasteiger partial charge in [-0.15, -0.1) is 0 Å². The summed E-state index contributed by atoms with van der Waals surface area (Å²) in [5.74, 6) is -1.10. The Balaban J connectivity index is 2.82. The lowest BCUT2D eigenvalue weighted by molar-refractivity contribution is 0.0636. The second-order valence-electron chi connectivity index (χ2n) is 4.48. The van der Waals surface area contributed by atoms with Crippen LogP contribution in [0.1, 0.15) is 31.1 Å². The normalized spacial score (nSPS) is 10.8. The van der Waals surface area contributed by atoms with Crippen LogP contribution in [0.2, 0.25) is 0 Å². The van der Waals surface area contributed by atoms with Crippen molar-refractivity contribution in [1.82, 2.24) is 0 Å². The van der Waals surface area contributed by atoms with Crippen LogP contribution >= 0.6 is 0 Å². The zero-order valence-corrected chi connectivity index (χ0v) is 9.98. The van der Waals surface area contributed by atoms with E-state index in [1.165, 1.54) is 12.1 Å². The highest BCUT2D eigenvalue weighted by atomic mass is 16.6. The maximum absolute atomic E-state index is 11.5. The van der Waals surface area contributed by atoms with E-state index in [0.717, 1.165) is 0 Å². The predicted octanol–water partition coefficient (Wildman–Crippen LogP) is 2.73. The SMILES string of the molecule is CC(C)(C)OC(=O)N[13c]1[13cH][13cH][13cH][13cH][13c]1C(=O)O. The van der Waals surface area contributed by atoms with Gasteiger partial charge in [0, 0.05) is 0 Å². The fourth-order valence-corrected chi connectivity index (χ4v) is 1.19. The van der Waals surface area contributed by atoms with Crippen molar-refractivity contribution in [2.24, 2.45) is 0 Å². The predicted molar refractivity (Wildman–Crippen MR) is 63.3 cm³/mol. The van der Waals surface area contributed by atoms with Crippen LogP contribution in [0.3, 0.4) is 0 Å². The number of carbonyl (C=O) groups excluding carboxylic acids is 1. The molecule has 0 atom stereocenters. The van der Waals surface area contributed by atoms with Gasteiger partial charge in [0.2, 0.25) is 0 Å². The van der Waals surface area contributed by atoms with Gasteiger partial charge in [-0.1, -0.05) is 12.1 Å². The number of benzene rings is 1. The number of carboxylic acid groups (broad SMARTS) is 1. The molecule has 0 aliphatic carbocycles. The molecule has 0 aliphatic rings. The molecule has 2 N–H and O–H groups in total. The third-order valence-electron chi connectivity index (χ3n) is 1.79. The van der Waals surface area contributed by atoms with Crippen LogP contribution < -0.4 is 5.32 Å². The highest BCUT2D eigenvalue weighted by Gasteiger charge is 2.18. The van der Waals surface area contributed by atoms with Crippen LogP contribution in [-0.4, -0.2) is 22.8 Å². The quantitative estimate of drug-likeness (QED) is 0.837. The number of anilines is 1. The summed E-state index contributed by atoms with van der Waals surface area (Å²) in [5, 5.41) is 11.3. The monoisotopic (exact) mass is 243 g/mol. The summed E-state index contributed by atoms with van der Waals surface area (Å²) in [6.45, 7) is 5.20. The molecule has 0 unspecified atom stereocenters. The largest absolute Gasteiger partial charge is 0.478 e. The van der Waals surface area contributed by atoms with E-state index < -0.39 is 17.7 Å². The van der Waals surface area contributed by atoms with E-state index in [9.17, 15) is 9.59 Å². The average Bonchev–Trinajstić information content (AvgIpc) is 2.14. The summed E-state index contributed by atoms with van der Waals surface area (Å²) in [7, 11) is 0. The summed E-state index contributed by atoms with van der Waals surface area (Å²) in [6.07, 6.45) is -0.675. The first-order chi connectivity index (χ1) is 7.79. The molecule has 0 heterocycles. The lowest BCUT2D eigenvalue weighted by Crippen LogP contribution is -2.27. The van der Waals surface area contributed by atoms with Crippen molar-refractivity contribution < 1.29 is 19.4 Å². The number of hydrogen-bond donors (Lipinski definition) is 2. The van der Waals surface area contributed by atoms with E-state index in [0.29, 0.717) is 0 Å². The zero-order chi connectivity index (χ0) is 13.1. The first-order valence-corrected chi connectivity index (χ1v) is 5.12. The van der Waals surface area contributed by atoms with Crippen molar-refractivity contribution in [2.45, 2.75) is 26.4 Å². The average molecular weight is 243 g/mol. The van der Waals surface area contributed by atoms with Gasteiger partial charge >= 0.3 is 12.1 Å². The smallest absolute Gasteiger partial charge is 0.412 e. The molecule has 1 aromatic carbocycles. The minimum atomic E-state index is -1.10. The fourth-order valence-electron chi connectivity index (χ4n) is 1.19. The van der Waals surface area contributed by atoms with E-state index in [2.05, 4.69) is 5.32 Å². The van der Waals surface area contributed by atoms with Gasteiger partial charge in [-0.05, 0) is 32.9 Å². The molecule has 1 amide bonds.